The molecule has 7 heteroatoms. The molecule has 0 unspecified atom stereocenters. The van der Waals surface area contributed by atoms with Crippen LogP contribution in [-0.4, -0.2) is 18.7 Å². The normalized spacial score (nSPS) is 11.2. The van der Waals surface area contributed by atoms with Crippen LogP contribution >= 0.6 is 0 Å². The van der Waals surface area contributed by atoms with Crippen molar-refractivity contribution in [2.75, 3.05) is 5.73 Å². The smallest absolute Gasteiger partial charge is 0.332 e. The summed E-state index contributed by atoms with van der Waals surface area (Å²) in [6, 6.07) is 7.71. The van der Waals surface area contributed by atoms with Crippen LogP contribution in [0.2, 0.25) is 0 Å². The Bertz CT molecular complexity index is 976. The maximum Gasteiger partial charge on any atom is 0.332 e. The zero-order chi connectivity index (χ0) is 16.0. The number of rotatable bonds is 2. The third kappa shape index (κ3) is 2.02. The zero-order valence-corrected chi connectivity index (χ0v) is 12.7. The fourth-order valence-electron chi connectivity index (χ4n) is 2.48. The van der Waals surface area contributed by atoms with Crippen molar-refractivity contribution in [3.05, 3.63) is 56.2 Å². The first kappa shape index (κ1) is 14.1. The van der Waals surface area contributed by atoms with Crippen LogP contribution < -0.4 is 17.0 Å². The van der Waals surface area contributed by atoms with Crippen molar-refractivity contribution < 1.29 is 0 Å². The predicted octanol–water partition coefficient (Wildman–Crippen LogP) is 0.373. The monoisotopic (exact) mass is 299 g/mol. The minimum Gasteiger partial charge on any atom is -0.369 e. The average Bonchev–Trinajstić information content (AvgIpc) is 2.79. The fourth-order valence-corrected chi connectivity index (χ4v) is 2.48. The van der Waals surface area contributed by atoms with Crippen LogP contribution in [-0.2, 0) is 20.6 Å². The highest BCUT2D eigenvalue weighted by atomic mass is 16.2. The van der Waals surface area contributed by atoms with Gasteiger partial charge in [-0.15, -0.1) is 0 Å². The van der Waals surface area contributed by atoms with E-state index < -0.39 is 5.69 Å². The number of aryl methyl sites for hydroxylation is 3. The lowest BCUT2D eigenvalue weighted by Crippen LogP contribution is -2.39. The summed E-state index contributed by atoms with van der Waals surface area (Å²) in [5.74, 6) is 0.204. The lowest BCUT2D eigenvalue weighted by molar-refractivity contribution is 0.655. The lowest BCUT2D eigenvalue weighted by Gasteiger charge is -2.09. The maximum absolute atomic E-state index is 12.6. The number of hydrogen-bond acceptors (Lipinski definition) is 4. The summed E-state index contributed by atoms with van der Waals surface area (Å²) in [4.78, 5) is 29.2. The Balaban J connectivity index is 2.26. The van der Waals surface area contributed by atoms with Crippen molar-refractivity contribution in [2.45, 2.75) is 13.5 Å². The third-order valence-electron chi connectivity index (χ3n) is 3.86. The van der Waals surface area contributed by atoms with E-state index in [2.05, 4.69) is 4.98 Å². The Morgan fingerprint density at radius 1 is 1.09 bits per heavy atom. The standard InChI is InChI=1S/C15H17N5O2/c1-9-4-6-10(7-5-9)8-20-13(21)11-12(19(3)15(20)22)17-14(16)18(11)2/h4-7H,8H2,1-3H3,(H2,16,17). The van der Waals surface area contributed by atoms with Crippen molar-refractivity contribution in [3.8, 4) is 0 Å². The van der Waals surface area contributed by atoms with Gasteiger partial charge in [0.2, 0.25) is 5.95 Å². The second kappa shape index (κ2) is 4.87. The summed E-state index contributed by atoms with van der Waals surface area (Å²) in [7, 11) is 3.24. The van der Waals surface area contributed by atoms with Gasteiger partial charge in [0, 0.05) is 14.1 Å². The van der Waals surface area contributed by atoms with Crippen LogP contribution in [0, 0.1) is 6.92 Å². The highest BCUT2D eigenvalue weighted by Crippen LogP contribution is 2.10. The Labute approximate surface area is 126 Å². The first-order valence-electron chi connectivity index (χ1n) is 6.87. The average molecular weight is 299 g/mol. The van der Waals surface area contributed by atoms with Gasteiger partial charge in [-0.3, -0.25) is 13.9 Å². The van der Waals surface area contributed by atoms with Gasteiger partial charge in [0.25, 0.3) is 5.56 Å². The molecule has 0 amide bonds. The fraction of sp³-hybridized carbons (Fsp3) is 0.267. The number of anilines is 1. The molecule has 0 bridgehead atoms. The number of nitrogen functional groups attached to an aromatic ring is 1. The highest BCUT2D eigenvalue weighted by Gasteiger charge is 2.17. The van der Waals surface area contributed by atoms with Gasteiger partial charge in [-0.25, -0.2) is 4.79 Å². The van der Waals surface area contributed by atoms with E-state index >= 15 is 0 Å². The Morgan fingerprint density at radius 2 is 1.73 bits per heavy atom. The molecular weight excluding hydrogens is 282 g/mol. The summed E-state index contributed by atoms with van der Waals surface area (Å²) in [5.41, 5.74) is 7.60. The molecule has 0 spiro atoms. The number of imidazole rings is 1. The van der Waals surface area contributed by atoms with Gasteiger partial charge in [-0.05, 0) is 12.5 Å². The van der Waals surface area contributed by atoms with E-state index in [1.54, 1.807) is 14.1 Å². The quantitative estimate of drug-likeness (QED) is 0.740. The zero-order valence-electron chi connectivity index (χ0n) is 12.7. The topological polar surface area (TPSA) is 87.8 Å². The first-order valence-corrected chi connectivity index (χ1v) is 6.87. The third-order valence-corrected chi connectivity index (χ3v) is 3.86. The largest absolute Gasteiger partial charge is 0.369 e. The van der Waals surface area contributed by atoms with Gasteiger partial charge in [0.1, 0.15) is 0 Å². The van der Waals surface area contributed by atoms with Crippen LogP contribution in [0.25, 0.3) is 11.2 Å². The summed E-state index contributed by atoms with van der Waals surface area (Å²) < 4.78 is 4.05. The summed E-state index contributed by atoms with van der Waals surface area (Å²) >= 11 is 0. The molecule has 2 heterocycles. The van der Waals surface area contributed by atoms with Gasteiger partial charge in [-0.2, -0.15) is 4.98 Å². The number of fused-ring (bicyclic) bond motifs is 1. The summed E-state index contributed by atoms with van der Waals surface area (Å²) in [5, 5.41) is 0. The van der Waals surface area contributed by atoms with Gasteiger partial charge >= 0.3 is 5.69 Å². The van der Waals surface area contributed by atoms with E-state index in [0.717, 1.165) is 11.1 Å². The van der Waals surface area contributed by atoms with Crippen LogP contribution in [0.3, 0.4) is 0 Å². The van der Waals surface area contributed by atoms with E-state index in [9.17, 15) is 9.59 Å². The molecule has 22 heavy (non-hydrogen) atoms. The molecule has 3 aromatic rings. The number of aromatic nitrogens is 4. The number of benzene rings is 1. The Morgan fingerprint density at radius 3 is 2.36 bits per heavy atom. The predicted molar refractivity (Wildman–Crippen MR) is 84.9 cm³/mol. The number of hydrogen-bond donors (Lipinski definition) is 1. The molecule has 2 aromatic heterocycles. The molecule has 3 rings (SSSR count). The van der Waals surface area contributed by atoms with E-state index in [1.165, 1.54) is 13.7 Å². The minimum atomic E-state index is -0.406. The molecule has 0 aliphatic rings. The van der Waals surface area contributed by atoms with Crippen LogP contribution in [0.15, 0.2) is 33.9 Å². The Kier molecular flexibility index (Phi) is 3.13. The molecule has 0 atom stereocenters. The molecule has 1 aromatic carbocycles. The molecular formula is C15H17N5O2. The number of nitrogens with two attached hydrogens (primary N) is 1. The molecule has 0 saturated carbocycles. The number of nitrogens with zero attached hydrogens (tertiary/aromatic N) is 4. The summed E-state index contributed by atoms with van der Waals surface area (Å²) in [6.07, 6.45) is 0. The molecule has 2 N–H and O–H groups in total. The molecule has 114 valence electrons. The highest BCUT2D eigenvalue weighted by molar-refractivity contribution is 5.73. The van der Waals surface area contributed by atoms with Gasteiger partial charge < -0.3 is 10.3 Å². The Hall–Kier alpha value is -2.83. The van der Waals surface area contributed by atoms with Crippen LogP contribution in [0.1, 0.15) is 11.1 Å². The molecule has 0 saturated heterocycles. The minimum absolute atomic E-state index is 0.204. The molecule has 7 nitrogen and oxygen atoms in total. The van der Waals surface area contributed by atoms with E-state index in [-0.39, 0.29) is 18.1 Å². The summed E-state index contributed by atoms with van der Waals surface area (Å²) in [6.45, 7) is 2.20. The van der Waals surface area contributed by atoms with Gasteiger partial charge in [0.05, 0.1) is 6.54 Å². The van der Waals surface area contributed by atoms with Crippen LogP contribution in [0.5, 0.6) is 0 Å². The van der Waals surface area contributed by atoms with Crippen molar-refractivity contribution >= 4 is 17.1 Å². The van der Waals surface area contributed by atoms with Crippen molar-refractivity contribution in [1.82, 2.24) is 18.7 Å². The second-order valence-electron chi connectivity index (χ2n) is 5.42. The molecule has 0 aliphatic heterocycles. The van der Waals surface area contributed by atoms with Crippen molar-refractivity contribution in [2.24, 2.45) is 14.1 Å². The van der Waals surface area contributed by atoms with E-state index in [4.69, 9.17) is 5.73 Å². The first-order chi connectivity index (χ1) is 10.4. The maximum atomic E-state index is 12.6. The second-order valence-corrected chi connectivity index (χ2v) is 5.42. The van der Waals surface area contributed by atoms with Crippen molar-refractivity contribution in [3.63, 3.8) is 0 Å². The van der Waals surface area contributed by atoms with Gasteiger partial charge in [-0.1, -0.05) is 29.8 Å². The lowest BCUT2D eigenvalue weighted by atomic mass is 10.1. The SMILES string of the molecule is Cc1ccc(Cn2c(=O)c3c(nc(N)n3C)n(C)c2=O)cc1. The van der Waals surface area contributed by atoms with Crippen LogP contribution in [0.4, 0.5) is 5.95 Å². The molecule has 0 aliphatic carbocycles. The van der Waals surface area contributed by atoms with E-state index in [1.807, 2.05) is 31.2 Å². The van der Waals surface area contributed by atoms with Gasteiger partial charge in [0.15, 0.2) is 11.2 Å². The molecule has 0 radical (unpaired) electrons. The molecule has 0 fully saturated rings. The van der Waals surface area contributed by atoms with E-state index in [0.29, 0.717) is 11.2 Å². The van der Waals surface area contributed by atoms with Crippen molar-refractivity contribution in [1.29, 1.82) is 0 Å².